The van der Waals surface area contributed by atoms with Crippen LogP contribution in [0.25, 0.3) is 0 Å². The van der Waals surface area contributed by atoms with Crippen LogP contribution in [0, 0.1) is 0 Å². The molecule has 12 heteroatoms. The van der Waals surface area contributed by atoms with E-state index in [0.29, 0.717) is 12.0 Å². The summed E-state index contributed by atoms with van der Waals surface area (Å²) in [7, 11) is -4.81. The van der Waals surface area contributed by atoms with E-state index in [0.717, 1.165) is 5.57 Å². The fourth-order valence-corrected chi connectivity index (χ4v) is 7.00. The molecule has 4 unspecified atom stereocenters. The molecule has 162 valence electrons. The average molecular weight is 456 g/mol. The number of hydrogen-bond acceptors (Lipinski definition) is 7. The molecule has 4 aliphatic rings. The lowest BCUT2D eigenvalue weighted by atomic mass is 9.96. The SMILES string of the molecule is CC1(C)SC2C(NC(=O)C(C3=C4C=COC=C4CC3)S(=O)(=O)O)C(=O)N2C1C(=O)O. The maximum absolute atomic E-state index is 12.9. The molecule has 3 aliphatic heterocycles. The number of hydrogen-bond donors (Lipinski definition) is 3. The fraction of sp³-hybridized carbons (Fsp3) is 0.500. The number of rotatable bonds is 5. The number of nitrogens with one attached hydrogen (secondary N) is 1. The average Bonchev–Trinajstić information content (AvgIpc) is 3.15. The monoisotopic (exact) mass is 456 g/mol. The van der Waals surface area contributed by atoms with Crippen LogP contribution in [-0.2, 0) is 29.2 Å². The molecule has 0 aromatic rings. The highest BCUT2D eigenvalue weighted by atomic mass is 32.2. The summed E-state index contributed by atoms with van der Waals surface area (Å²) < 4.78 is 38.2. The third-order valence-electron chi connectivity index (χ3n) is 5.70. The predicted molar refractivity (Wildman–Crippen MR) is 106 cm³/mol. The zero-order valence-electron chi connectivity index (χ0n) is 16.1. The van der Waals surface area contributed by atoms with Gasteiger partial charge < -0.3 is 20.1 Å². The largest absolute Gasteiger partial charge is 0.480 e. The molecule has 10 nitrogen and oxygen atoms in total. The van der Waals surface area contributed by atoms with Gasteiger partial charge in [0.15, 0.2) is 5.25 Å². The number of fused-ring (bicyclic) bond motifs is 2. The van der Waals surface area contributed by atoms with Crippen LogP contribution in [-0.4, -0.2) is 68.2 Å². The van der Waals surface area contributed by atoms with Gasteiger partial charge in [0.1, 0.15) is 17.5 Å². The van der Waals surface area contributed by atoms with Crippen molar-refractivity contribution in [1.82, 2.24) is 10.2 Å². The van der Waals surface area contributed by atoms with Gasteiger partial charge in [-0.2, -0.15) is 8.42 Å². The van der Waals surface area contributed by atoms with Crippen LogP contribution in [0.3, 0.4) is 0 Å². The number of amides is 2. The highest BCUT2D eigenvalue weighted by Gasteiger charge is 2.64. The first-order valence-corrected chi connectivity index (χ1v) is 11.6. The molecule has 2 fully saturated rings. The van der Waals surface area contributed by atoms with Crippen LogP contribution in [0.15, 0.2) is 35.3 Å². The Labute approximate surface area is 176 Å². The van der Waals surface area contributed by atoms with Crippen LogP contribution in [0.5, 0.6) is 0 Å². The third kappa shape index (κ3) is 3.13. The van der Waals surface area contributed by atoms with Crippen molar-refractivity contribution in [1.29, 1.82) is 0 Å². The summed E-state index contributed by atoms with van der Waals surface area (Å²) in [4.78, 5) is 38.3. The summed E-state index contributed by atoms with van der Waals surface area (Å²) in [6.45, 7) is 3.39. The molecule has 0 aromatic heterocycles. The minimum atomic E-state index is -4.81. The van der Waals surface area contributed by atoms with Gasteiger partial charge >= 0.3 is 5.97 Å². The molecule has 0 spiro atoms. The van der Waals surface area contributed by atoms with Crippen molar-refractivity contribution in [3.05, 3.63) is 35.3 Å². The van der Waals surface area contributed by atoms with Crippen molar-refractivity contribution in [3.8, 4) is 0 Å². The summed E-state index contributed by atoms with van der Waals surface area (Å²) in [5.74, 6) is -2.76. The Morgan fingerprint density at radius 2 is 2.07 bits per heavy atom. The van der Waals surface area contributed by atoms with Crippen molar-refractivity contribution in [2.75, 3.05) is 0 Å². The van der Waals surface area contributed by atoms with Gasteiger partial charge in [0, 0.05) is 4.75 Å². The molecule has 4 rings (SSSR count). The van der Waals surface area contributed by atoms with E-state index >= 15 is 0 Å². The number of allylic oxidation sites excluding steroid dienone is 3. The van der Waals surface area contributed by atoms with E-state index in [1.165, 1.54) is 35.3 Å². The van der Waals surface area contributed by atoms with E-state index < -0.39 is 55.4 Å². The van der Waals surface area contributed by atoms with E-state index in [1.807, 2.05) is 0 Å². The summed E-state index contributed by atoms with van der Waals surface area (Å²) in [5.41, 5.74) is 1.47. The minimum absolute atomic E-state index is 0.229. The Morgan fingerprint density at radius 3 is 2.70 bits per heavy atom. The molecule has 1 aliphatic carbocycles. The van der Waals surface area contributed by atoms with E-state index in [9.17, 15) is 32.5 Å². The lowest BCUT2D eigenvalue weighted by molar-refractivity contribution is -0.161. The summed E-state index contributed by atoms with van der Waals surface area (Å²) in [5, 5.41) is 9.40. The number of nitrogens with zero attached hydrogens (tertiary/aromatic N) is 1. The zero-order valence-corrected chi connectivity index (χ0v) is 17.7. The molecule has 2 amide bonds. The molecular weight excluding hydrogens is 436 g/mol. The van der Waals surface area contributed by atoms with Gasteiger partial charge in [-0.05, 0) is 49.5 Å². The van der Waals surface area contributed by atoms with Crippen molar-refractivity contribution < 1.29 is 37.2 Å². The molecule has 2 saturated heterocycles. The number of thioether (sulfide) groups is 1. The molecule has 30 heavy (non-hydrogen) atoms. The second-order valence-corrected chi connectivity index (χ2v) is 11.3. The maximum Gasteiger partial charge on any atom is 0.327 e. The topological polar surface area (TPSA) is 150 Å². The van der Waals surface area contributed by atoms with E-state index in [2.05, 4.69) is 5.32 Å². The van der Waals surface area contributed by atoms with Crippen molar-refractivity contribution in [2.45, 2.75) is 54.1 Å². The number of carbonyl (C=O) groups excluding carboxylic acids is 2. The number of carbonyl (C=O) groups is 3. The zero-order chi connectivity index (χ0) is 22.0. The van der Waals surface area contributed by atoms with Crippen molar-refractivity contribution in [3.63, 3.8) is 0 Å². The quantitative estimate of drug-likeness (QED) is 0.394. The van der Waals surface area contributed by atoms with E-state index in [4.69, 9.17) is 4.74 Å². The Hall–Kier alpha value is -2.31. The Morgan fingerprint density at radius 1 is 1.37 bits per heavy atom. The number of aliphatic carboxylic acids is 1. The first kappa shape index (κ1) is 20.9. The number of β-lactam (4-membered cyclic amide) rings is 1. The van der Waals surface area contributed by atoms with Crippen LogP contribution in [0.4, 0.5) is 0 Å². The van der Waals surface area contributed by atoms with Gasteiger partial charge in [-0.15, -0.1) is 11.8 Å². The molecule has 0 saturated carbocycles. The van der Waals surface area contributed by atoms with Gasteiger partial charge in [-0.25, -0.2) is 4.79 Å². The number of carboxylic acid groups (broad SMARTS) is 1. The Balaban J connectivity index is 1.59. The fourth-order valence-electron chi connectivity index (χ4n) is 4.43. The molecule has 4 atom stereocenters. The van der Waals surface area contributed by atoms with Crippen LogP contribution >= 0.6 is 11.8 Å². The molecule has 3 N–H and O–H groups in total. The normalized spacial score (nSPS) is 30.1. The minimum Gasteiger partial charge on any atom is -0.480 e. The standard InChI is InChI=1S/C18H20N2O8S2/c1-18(2)13(17(23)24)20-15(22)11(16(20)29-18)19-14(21)12(30(25,26)27)10-4-3-8-7-28-6-5-9(8)10/h5-7,11-13,16H,3-4H2,1-2H3,(H,19,21)(H,23,24)(H,25,26,27). The first-order chi connectivity index (χ1) is 13.9. The van der Waals surface area contributed by atoms with Crippen molar-refractivity contribution in [2.24, 2.45) is 0 Å². The molecule has 3 heterocycles. The Kier molecular flexibility index (Phi) is 4.79. The number of carboxylic acids is 1. The first-order valence-electron chi connectivity index (χ1n) is 9.17. The van der Waals surface area contributed by atoms with Gasteiger partial charge in [-0.1, -0.05) is 0 Å². The van der Waals surface area contributed by atoms with E-state index in [-0.39, 0.29) is 12.0 Å². The summed E-state index contributed by atoms with van der Waals surface area (Å²) >= 11 is 1.23. The lowest BCUT2D eigenvalue weighted by Gasteiger charge is -2.43. The van der Waals surface area contributed by atoms with Crippen molar-refractivity contribution >= 4 is 39.7 Å². The maximum atomic E-state index is 12.9. The molecule has 0 radical (unpaired) electrons. The van der Waals surface area contributed by atoms with Gasteiger partial charge in [0.05, 0.1) is 12.5 Å². The lowest BCUT2D eigenvalue weighted by Crippen LogP contribution is -2.71. The van der Waals surface area contributed by atoms with Crippen LogP contribution < -0.4 is 5.32 Å². The van der Waals surface area contributed by atoms with Crippen LogP contribution in [0.1, 0.15) is 26.7 Å². The molecule has 0 aromatic carbocycles. The van der Waals surface area contributed by atoms with E-state index in [1.54, 1.807) is 13.8 Å². The smallest absolute Gasteiger partial charge is 0.327 e. The van der Waals surface area contributed by atoms with Gasteiger partial charge in [-0.3, -0.25) is 14.1 Å². The van der Waals surface area contributed by atoms with Gasteiger partial charge in [0.2, 0.25) is 11.8 Å². The highest BCUT2D eigenvalue weighted by Crippen LogP contribution is 2.51. The second-order valence-electron chi connectivity index (χ2n) is 8.00. The highest BCUT2D eigenvalue weighted by molar-refractivity contribution is 8.01. The van der Waals surface area contributed by atoms with Crippen LogP contribution in [0.2, 0.25) is 0 Å². The Bertz CT molecular complexity index is 1040. The summed E-state index contributed by atoms with van der Waals surface area (Å²) in [6, 6.07) is -2.12. The third-order valence-corrected chi connectivity index (χ3v) is 8.37. The molecular formula is C18H20N2O8S2. The summed E-state index contributed by atoms with van der Waals surface area (Å²) in [6.07, 6.45) is 5.03. The number of ether oxygens (including phenoxy) is 1. The molecule has 0 bridgehead atoms. The predicted octanol–water partition coefficient (Wildman–Crippen LogP) is 0.393. The van der Waals surface area contributed by atoms with Gasteiger partial charge in [0.25, 0.3) is 10.1 Å². The second kappa shape index (κ2) is 6.86.